The van der Waals surface area contributed by atoms with Crippen LogP contribution in [0.5, 0.6) is 0 Å². The third kappa shape index (κ3) is 5.20. The standard InChI is InChI=1S/C29H48O5/c1-7-23(10-12-26(2,3)25(31)34-28(6)11-8-9-13-32-28)24(30)33-27(4,5)29-17-20-14-21(18-29)16-22(15-20)19-29/h20-23H,7-19H2,1-6H3. The van der Waals surface area contributed by atoms with Crippen molar-refractivity contribution in [3.05, 3.63) is 0 Å². The van der Waals surface area contributed by atoms with Gasteiger partial charge in [0.25, 0.3) is 0 Å². The summed E-state index contributed by atoms with van der Waals surface area (Å²) in [5.74, 6) is 1.14. The van der Waals surface area contributed by atoms with Gasteiger partial charge in [-0.15, -0.1) is 0 Å². The highest BCUT2D eigenvalue weighted by molar-refractivity contribution is 5.76. The number of hydrogen-bond donors (Lipinski definition) is 0. The Hall–Kier alpha value is -1.10. The van der Waals surface area contributed by atoms with Crippen molar-refractivity contribution in [1.29, 1.82) is 0 Å². The summed E-state index contributed by atoms with van der Waals surface area (Å²) in [6, 6.07) is 0. The van der Waals surface area contributed by atoms with E-state index in [0.29, 0.717) is 19.4 Å². The minimum Gasteiger partial charge on any atom is -0.459 e. The van der Waals surface area contributed by atoms with Crippen molar-refractivity contribution in [2.75, 3.05) is 6.61 Å². The van der Waals surface area contributed by atoms with Gasteiger partial charge in [0.2, 0.25) is 5.79 Å². The predicted octanol–water partition coefficient (Wildman–Crippen LogP) is 6.82. The molecule has 0 aromatic heterocycles. The van der Waals surface area contributed by atoms with Crippen molar-refractivity contribution < 1.29 is 23.8 Å². The van der Waals surface area contributed by atoms with Gasteiger partial charge >= 0.3 is 11.9 Å². The zero-order valence-electron chi connectivity index (χ0n) is 22.5. The number of esters is 2. The van der Waals surface area contributed by atoms with E-state index in [1.54, 1.807) is 0 Å². The van der Waals surface area contributed by atoms with Gasteiger partial charge in [-0.25, -0.2) is 0 Å². The molecule has 0 amide bonds. The van der Waals surface area contributed by atoms with E-state index in [9.17, 15) is 9.59 Å². The minimum absolute atomic E-state index is 0.0880. The molecule has 5 nitrogen and oxygen atoms in total. The van der Waals surface area contributed by atoms with E-state index >= 15 is 0 Å². The summed E-state index contributed by atoms with van der Waals surface area (Å²) in [5, 5.41) is 0. The Labute approximate surface area is 207 Å². The second-order valence-corrected chi connectivity index (χ2v) is 13.5. The highest BCUT2D eigenvalue weighted by Crippen LogP contribution is 2.64. The van der Waals surface area contributed by atoms with Crippen molar-refractivity contribution in [3.63, 3.8) is 0 Å². The van der Waals surface area contributed by atoms with Crippen LogP contribution in [0, 0.1) is 34.5 Å². The fraction of sp³-hybridized carbons (Fsp3) is 0.931. The number of ether oxygens (including phenoxy) is 3. The van der Waals surface area contributed by atoms with Gasteiger partial charge in [0.15, 0.2) is 0 Å². The quantitative estimate of drug-likeness (QED) is 0.342. The predicted molar refractivity (Wildman–Crippen MR) is 132 cm³/mol. The van der Waals surface area contributed by atoms with Gasteiger partial charge in [0.05, 0.1) is 17.9 Å². The largest absolute Gasteiger partial charge is 0.459 e. The maximum Gasteiger partial charge on any atom is 0.313 e. The Morgan fingerprint density at radius 2 is 1.59 bits per heavy atom. The third-order valence-electron chi connectivity index (χ3n) is 9.91. The van der Waals surface area contributed by atoms with Gasteiger partial charge in [-0.2, -0.15) is 0 Å². The maximum absolute atomic E-state index is 13.4. The van der Waals surface area contributed by atoms with E-state index in [1.807, 2.05) is 27.7 Å². The lowest BCUT2D eigenvalue weighted by atomic mass is 9.46. The Kier molecular flexibility index (Phi) is 7.19. The van der Waals surface area contributed by atoms with Crippen LogP contribution < -0.4 is 0 Å². The molecule has 1 saturated heterocycles. The molecule has 0 aromatic carbocycles. The van der Waals surface area contributed by atoms with E-state index < -0.39 is 16.8 Å². The molecule has 0 N–H and O–H groups in total. The SMILES string of the molecule is CCC(CCC(C)(C)C(=O)OC1(C)CCCCO1)C(=O)OC(C)(C)C12CC3CC(CC(C3)C1)C2. The Morgan fingerprint density at radius 1 is 1.00 bits per heavy atom. The van der Waals surface area contributed by atoms with Crippen molar-refractivity contribution in [2.45, 2.75) is 130 Å². The maximum atomic E-state index is 13.4. The van der Waals surface area contributed by atoms with Crippen molar-refractivity contribution >= 4 is 11.9 Å². The summed E-state index contributed by atoms with van der Waals surface area (Å²) in [4.78, 5) is 26.4. The first-order valence-electron chi connectivity index (χ1n) is 14.0. The highest BCUT2D eigenvalue weighted by Gasteiger charge is 2.59. The molecule has 2 unspecified atom stereocenters. The second kappa shape index (κ2) is 9.41. The van der Waals surface area contributed by atoms with Crippen LogP contribution in [0.25, 0.3) is 0 Å². The molecular weight excluding hydrogens is 428 g/mol. The third-order valence-corrected chi connectivity index (χ3v) is 9.91. The van der Waals surface area contributed by atoms with Crippen molar-refractivity contribution in [2.24, 2.45) is 34.5 Å². The van der Waals surface area contributed by atoms with Gasteiger partial charge in [-0.05, 0) is 116 Å². The molecule has 1 aliphatic heterocycles. The van der Waals surface area contributed by atoms with E-state index in [1.165, 1.54) is 38.5 Å². The second-order valence-electron chi connectivity index (χ2n) is 13.5. The molecule has 0 aromatic rings. The Bertz CT molecular complexity index is 725. The highest BCUT2D eigenvalue weighted by atomic mass is 16.7. The van der Waals surface area contributed by atoms with E-state index in [-0.39, 0.29) is 23.3 Å². The fourth-order valence-electron chi connectivity index (χ4n) is 7.74. The van der Waals surface area contributed by atoms with Crippen LogP contribution in [-0.4, -0.2) is 29.9 Å². The molecule has 0 spiro atoms. The van der Waals surface area contributed by atoms with Gasteiger partial charge < -0.3 is 14.2 Å². The summed E-state index contributed by atoms with van der Waals surface area (Å²) >= 11 is 0. The van der Waals surface area contributed by atoms with Crippen molar-refractivity contribution in [3.8, 4) is 0 Å². The molecule has 5 rings (SSSR count). The zero-order chi connectivity index (χ0) is 24.8. The van der Waals surface area contributed by atoms with Crippen LogP contribution in [-0.2, 0) is 23.8 Å². The first-order chi connectivity index (χ1) is 15.9. The van der Waals surface area contributed by atoms with Crippen LogP contribution in [0.4, 0.5) is 0 Å². The molecule has 4 saturated carbocycles. The molecule has 5 heteroatoms. The van der Waals surface area contributed by atoms with Crippen LogP contribution in [0.2, 0.25) is 0 Å². The van der Waals surface area contributed by atoms with Crippen LogP contribution in [0.1, 0.15) is 119 Å². The Morgan fingerprint density at radius 3 is 2.09 bits per heavy atom. The lowest BCUT2D eigenvalue weighted by molar-refractivity contribution is -0.244. The smallest absolute Gasteiger partial charge is 0.313 e. The Balaban J connectivity index is 1.34. The first kappa shape index (κ1) is 26.0. The normalized spacial score (nSPS) is 36.2. The summed E-state index contributed by atoms with van der Waals surface area (Å²) < 4.78 is 17.9. The molecule has 5 fully saturated rings. The topological polar surface area (TPSA) is 61.8 Å². The minimum atomic E-state index is -0.822. The van der Waals surface area contributed by atoms with Gasteiger partial charge in [-0.3, -0.25) is 9.59 Å². The monoisotopic (exact) mass is 476 g/mol. The van der Waals surface area contributed by atoms with E-state index in [4.69, 9.17) is 14.2 Å². The number of carbonyl (C=O) groups is 2. The molecular formula is C29H48O5. The lowest BCUT2D eigenvalue weighted by Gasteiger charge is -2.61. The van der Waals surface area contributed by atoms with Crippen molar-refractivity contribution in [1.82, 2.24) is 0 Å². The molecule has 4 bridgehead atoms. The van der Waals surface area contributed by atoms with E-state index in [0.717, 1.165) is 43.4 Å². The molecule has 2 atom stereocenters. The van der Waals surface area contributed by atoms with Gasteiger partial charge in [0.1, 0.15) is 5.60 Å². The zero-order valence-corrected chi connectivity index (χ0v) is 22.5. The van der Waals surface area contributed by atoms with Crippen LogP contribution >= 0.6 is 0 Å². The van der Waals surface area contributed by atoms with Gasteiger partial charge in [0, 0.05) is 18.8 Å². The fourth-order valence-corrected chi connectivity index (χ4v) is 7.74. The van der Waals surface area contributed by atoms with E-state index in [2.05, 4.69) is 13.8 Å². The summed E-state index contributed by atoms with van der Waals surface area (Å²) in [6.45, 7) is 12.7. The molecule has 5 aliphatic rings. The molecule has 4 aliphatic carbocycles. The van der Waals surface area contributed by atoms with Gasteiger partial charge in [-0.1, -0.05) is 6.92 Å². The molecule has 194 valence electrons. The summed E-state index contributed by atoms with van der Waals surface area (Å²) in [6.07, 6.45) is 12.5. The molecule has 0 radical (unpaired) electrons. The van der Waals surface area contributed by atoms with Crippen LogP contribution in [0.15, 0.2) is 0 Å². The number of hydrogen-bond acceptors (Lipinski definition) is 5. The first-order valence-corrected chi connectivity index (χ1v) is 14.0. The average molecular weight is 477 g/mol. The molecule has 1 heterocycles. The average Bonchev–Trinajstić information content (AvgIpc) is 2.73. The molecule has 34 heavy (non-hydrogen) atoms. The number of carbonyl (C=O) groups excluding carboxylic acids is 2. The summed E-state index contributed by atoms with van der Waals surface area (Å²) in [5.41, 5.74) is -0.962. The lowest BCUT2D eigenvalue weighted by Crippen LogP contribution is -2.57. The number of rotatable bonds is 9. The summed E-state index contributed by atoms with van der Waals surface area (Å²) in [7, 11) is 0. The van der Waals surface area contributed by atoms with Crippen LogP contribution in [0.3, 0.4) is 0 Å².